The second-order valence-corrected chi connectivity index (χ2v) is 3.89. The Bertz CT molecular complexity index is 306. The smallest absolute Gasteiger partial charge is 0.150 e. The number of hydrogen-bond acceptors (Lipinski definition) is 4. The lowest BCUT2D eigenvalue weighted by molar-refractivity contribution is -0.0789. The highest BCUT2D eigenvalue weighted by atomic mass is 16.5. The molecular weight excluding hydrogens is 180 g/mol. The van der Waals surface area contributed by atoms with E-state index in [2.05, 4.69) is 27.4 Å². The SMILES string of the molecule is CCc1n[nH]c(COC2(C)CNC2)n1. The zero-order valence-electron chi connectivity index (χ0n) is 8.63. The fourth-order valence-electron chi connectivity index (χ4n) is 1.38. The van der Waals surface area contributed by atoms with E-state index >= 15 is 0 Å². The molecule has 5 heteroatoms. The van der Waals surface area contributed by atoms with Crippen LogP contribution in [0.2, 0.25) is 0 Å². The lowest BCUT2D eigenvalue weighted by Crippen LogP contribution is -2.58. The van der Waals surface area contributed by atoms with E-state index in [0.717, 1.165) is 31.2 Å². The molecule has 1 aromatic rings. The average molecular weight is 196 g/mol. The van der Waals surface area contributed by atoms with Crippen molar-refractivity contribution in [1.82, 2.24) is 20.5 Å². The van der Waals surface area contributed by atoms with Gasteiger partial charge in [-0.15, -0.1) is 0 Å². The molecule has 0 saturated carbocycles. The summed E-state index contributed by atoms with van der Waals surface area (Å²) in [5.74, 6) is 1.66. The Hall–Kier alpha value is -0.940. The summed E-state index contributed by atoms with van der Waals surface area (Å²) in [6.45, 7) is 6.49. The number of aryl methyl sites for hydroxylation is 1. The quantitative estimate of drug-likeness (QED) is 0.724. The Kier molecular flexibility index (Phi) is 2.52. The molecular formula is C9H16N4O. The van der Waals surface area contributed by atoms with Crippen LogP contribution in [0.5, 0.6) is 0 Å². The van der Waals surface area contributed by atoms with E-state index < -0.39 is 0 Å². The van der Waals surface area contributed by atoms with Crippen LogP contribution < -0.4 is 5.32 Å². The fourth-order valence-corrected chi connectivity index (χ4v) is 1.38. The van der Waals surface area contributed by atoms with Crippen LogP contribution in [0.4, 0.5) is 0 Å². The normalized spacial score (nSPS) is 19.3. The molecule has 0 spiro atoms. The number of rotatable bonds is 4. The van der Waals surface area contributed by atoms with Crippen LogP contribution in [0.15, 0.2) is 0 Å². The van der Waals surface area contributed by atoms with E-state index in [9.17, 15) is 0 Å². The van der Waals surface area contributed by atoms with Crippen LogP contribution >= 0.6 is 0 Å². The van der Waals surface area contributed by atoms with Crippen LogP contribution in [0.1, 0.15) is 25.5 Å². The van der Waals surface area contributed by atoms with Gasteiger partial charge in [0.2, 0.25) is 0 Å². The number of H-pyrrole nitrogens is 1. The second kappa shape index (κ2) is 3.67. The van der Waals surface area contributed by atoms with Crippen LogP contribution in [-0.4, -0.2) is 33.9 Å². The molecule has 1 saturated heterocycles. The topological polar surface area (TPSA) is 62.8 Å². The lowest BCUT2D eigenvalue weighted by atomic mass is 10.0. The first kappa shape index (κ1) is 9.61. The summed E-state index contributed by atoms with van der Waals surface area (Å²) in [6.07, 6.45) is 0.856. The standard InChI is InChI=1S/C9H16N4O/c1-3-7-11-8(13-12-7)4-14-9(2)5-10-6-9/h10H,3-6H2,1-2H3,(H,11,12,13). The molecule has 2 heterocycles. The van der Waals surface area contributed by atoms with Gasteiger partial charge in [0.25, 0.3) is 0 Å². The molecule has 1 aromatic heterocycles. The van der Waals surface area contributed by atoms with Gasteiger partial charge in [-0.3, -0.25) is 5.10 Å². The molecule has 1 aliphatic heterocycles. The summed E-state index contributed by atoms with van der Waals surface area (Å²) in [5.41, 5.74) is -0.0147. The predicted molar refractivity (Wildman–Crippen MR) is 51.8 cm³/mol. The monoisotopic (exact) mass is 196 g/mol. The minimum absolute atomic E-state index is 0.0147. The van der Waals surface area contributed by atoms with Gasteiger partial charge in [-0.05, 0) is 6.92 Å². The maximum Gasteiger partial charge on any atom is 0.150 e. The lowest BCUT2D eigenvalue weighted by Gasteiger charge is -2.38. The van der Waals surface area contributed by atoms with Crippen molar-refractivity contribution in [3.63, 3.8) is 0 Å². The Labute approximate surface area is 83.3 Å². The zero-order valence-corrected chi connectivity index (χ0v) is 8.63. The molecule has 0 atom stereocenters. The highest BCUT2D eigenvalue weighted by Crippen LogP contribution is 2.16. The van der Waals surface area contributed by atoms with Crippen LogP contribution in [0.3, 0.4) is 0 Å². The van der Waals surface area contributed by atoms with Crippen molar-refractivity contribution in [2.75, 3.05) is 13.1 Å². The third-order valence-electron chi connectivity index (χ3n) is 2.45. The van der Waals surface area contributed by atoms with Crippen molar-refractivity contribution in [3.8, 4) is 0 Å². The number of aromatic amines is 1. The van der Waals surface area contributed by atoms with Crippen molar-refractivity contribution in [2.45, 2.75) is 32.5 Å². The number of aromatic nitrogens is 3. The van der Waals surface area contributed by atoms with Crippen molar-refractivity contribution < 1.29 is 4.74 Å². The molecule has 0 aliphatic carbocycles. The molecule has 1 fully saturated rings. The van der Waals surface area contributed by atoms with Crippen molar-refractivity contribution >= 4 is 0 Å². The number of ether oxygens (including phenoxy) is 1. The summed E-state index contributed by atoms with van der Waals surface area (Å²) in [4.78, 5) is 4.28. The Morgan fingerprint density at radius 2 is 2.29 bits per heavy atom. The molecule has 0 amide bonds. The van der Waals surface area contributed by atoms with Gasteiger partial charge in [0.1, 0.15) is 6.61 Å². The van der Waals surface area contributed by atoms with Gasteiger partial charge in [-0.2, -0.15) is 5.10 Å². The first-order chi connectivity index (χ1) is 6.72. The van der Waals surface area contributed by atoms with Crippen molar-refractivity contribution in [2.24, 2.45) is 0 Å². The number of hydrogen-bond donors (Lipinski definition) is 2. The third-order valence-corrected chi connectivity index (χ3v) is 2.45. The maximum absolute atomic E-state index is 5.71. The Morgan fingerprint density at radius 1 is 1.50 bits per heavy atom. The van der Waals surface area contributed by atoms with Crippen LogP contribution in [-0.2, 0) is 17.8 Å². The van der Waals surface area contributed by atoms with Gasteiger partial charge in [-0.1, -0.05) is 6.92 Å². The molecule has 0 unspecified atom stereocenters. The molecule has 0 radical (unpaired) electrons. The molecule has 14 heavy (non-hydrogen) atoms. The molecule has 2 N–H and O–H groups in total. The Morgan fingerprint density at radius 3 is 2.79 bits per heavy atom. The molecule has 78 valence electrons. The largest absolute Gasteiger partial charge is 0.365 e. The summed E-state index contributed by atoms with van der Waals surface area (Å²) in [6, 6.07) is 0. The van der Waals surface area contributed by atoms with E-state index in [-0.39, 0.29) is 5.60 Å². The van der Waals surface area contributed by atoms with Crippen LogP contribution in [0, 0.1) is 0 Å². The summed E-state index contributed by atoms with van der Waals surface area (Å²) < 4.78 is 5.71. The molecule has 0 bridgehead atoms. The van der Waals surface area contributed by atoms with Crippen LogP contribution in [0.25, 0.3) is 0 Å². The average Bonchev–Trinajstić information content (AvgIpc) is 2.59. The van der Waals surface area contributed by atoms with E-state index in [0.29, 0.717) is 6.61 Å². The van der Waals surface area contributed by atoms with Crippen molar-refractivity contribution in [3.05, 3.63) is 11.6 Å². The molecule has 5 nitrogen and oxygen atoms in total. The van der Waals surface area contributed by atoms with E-state index in [1.165, 1.54) is 0 Å². The zero-order chi connectivity index (χ0) is 10.0. The van der Waals surface area contributed by atoms with Gasteiger partial charge < -0.3 is 10.1 Å². The van der Waals surface area contributed by atoms with E-state index in [4.69, 9.17) is 4.74 Å². The molecule has 0 aromatic carbocycles. The minimum Gasteiger partial charge on any atom is -0.365 e. The molecule has 1 aliphatic rings. The molecule has 2 rings (SSSR count). The number of nitrogens with one attached hydrogen (secondary N) is 2. The van der Waals surface area contributed by atoms with Crippen molar-refractivity contribution in [1.29, 1.82) is 0 Å². The summed E-state index contributed by atoms with van der Waals surface area (Å²) in [5, 5.41) is 10.1. The summed E-state index contributed by atoms with van der Waals surface area (Å²) in [7, 11) is 0. The van der Waals surface area contributed by atoms with Gasteiger partial charge in [-0.25, -0.2) is 4.98 Å². The maximum atomic E-state index is 5.71. The first-order valence-electron chi connectivity index (χ1n) is 4.97. The van der Waals surface area contributed by atoms with Gasteiger partial charge in [0.05, 0.1) is 5.60 Å². The minimum atomic E-state index is -0.0147. The van der Waals surface area contributed by atoms with Gasteiger partial charge >= 0.3 is 0 Å². The van der Waals surface area contributed by atoms with E-state index in [1.54, 1.807) is 0 Å². The highest BCUT2D eigenvalue weighted by molar-refractivity contribution is 4.93. The highest BCUT2D eigenvalue weighted by Gasteiger charge is 2.32. The first-order valence-corrected chi connectivity index (χ1v) is 4.97. The second-order valence-electron chi connectivity index (χ2n) is 3.89. The summed E-state index contributed by atoms with van der Waals surface area (Å²) >= 11 is 0. The van der Waals surface area contributed by atoms with Gasteiger partial charge in [0.15, 0.2) is 11.6 Å². The predicted octanol–water partition coefficient (Wildman–Crippen LogP) is 0.246. The Balaban J connectivity index is 1.85. The van der Waals surface area contributed by atoms with E-state index in [1.807, 2.05) is 6.92 Å². The van der Waals surface area contributed by atoms with Gasteiger partial charge in [0, 0.05) is 19.5 Å². The fraction of sp³-hybridized carbons (Fsp3) is 0.778. The third kappa shape index (κ3) is 1.93. The number of nitrogens with zero attached hydrogens (tertiary/aromatic N) is 2.